The van der Waals surface area contributed by atoms with E-state index in [1.807, 2.05) is 25.1 Å². The minimum atomic E-state index is -0.467. The van der Waals surface area contributed by atoms with Gasteiger partial charge in [-0.1, -0.05) is 47.5 Å². The van der Waals surface area contributed by atoms with Crippen LogP contribution >= 0.6 is 23.2 Å². The third-order valence-electron chi connectivity index (χ3n) is 3.23. The molecule has 0 atom stereocenters. The summed E-state index contributed by atoms with van der Waals surface area (Å²) in [5.74, 6) is 0. The molecule has 0 saturated carbocycles. The highest BCUT2D eigenvalue weighted by atomic mass is 35.5. The highest BCUT2D eigenvalue weighted by Crippen LogP contribution is 2.32. The van der Waals surface area contributed by atoms with Gasteiger partial charge in [0.15, 0.2) is 0 Å². The van der Waals surface area contributed by atoms with Crippen LogP contribution in [0.3, 0.4) is 0 Å². The van der Waals surface area contributed by atoms with E-state index in [9.17, 15) is 4.39 Å². The molecule has 0 saturated heterocycles. The monoisotopic (exact) mass is 308 g/mol. The number of fused-ring (bicyclic) bond motifs is 1. The second-order valence-electron chi connectivity index (χ2n) is 4.58. The van der Waals surface area contributed by atoms with Crippen molar-refractivity contribution in [1.29, 1.82) is 0 Å². The fourth-order valence-electron chi connectivity index (χ4n) is 2.31. The summed E-state index contributed by atoms with van der Waals surface area (Å²) < 4.78 is 14.2. The van der Waals surface area contributed by atoms with E-state index in [4.69, 9.17) is 23.2 Å². The molecular weight excluding hydrogens is 298 g/mol. The fourth-order valence-corrected chi connectivity index (χ4v) is 2.81. The number of rotatable bonds is 2. The summed E-state index contributed by atoms with van der Waals surface area (Å²) >= 11 is 12.2. The van der Waals surface area contributed by atoms with Crippen molar-refractivity contribution in [2.75, 3.05) is 0 Å². The van der Waals surface area contributed by atoms with E-state index in [2.05, 4.69) is 5.10 Å². The molecule has 2 nitrogen and oxygen atoms in total. The van der Waals surface area contributed by atoms with Crippen LogP contribution in [0.2, 0.25) is 10.2 Å². The van der Waals surface area contributed by atoms with E-state index in [0.29, 0.717) is 15.7 Å². The second kappa shape index (κ2) is 5.08. The Balaban J connectivity index is 2.26. The molecular formula is C15H11Cl2FN2. The van der Waals surface area contributed by atoms with Crippen molar-refractivity contribution in [3.8, 4) is 11.1 Å². The van der Waals surface area contributed by atoms with Crippen molar-refractivity contribution >= 4 is 28.7 Å². The summed E-state index contributed by atoms with van der Waals surface area (Å²) in [5.41, 5.74) is 4.27. The van der Waals surface area contributed by atoms with Crippen LogP contribution in [0.1, 0.15) is 11.3 Å². The Labute approximate surface area is 125 Å². The zero-order valence-corrected chi connectivity index (χ0v) is 12.2. The Hall–Kier alpha value is -1.58. The van der Waals surface area contributed by atoms with Crippen LogP contribution < -0.4 is 0 Å². The first-order valence-electron chi connectivity index (χ1n) is 6.10. The molecule has 0 spiro atoms. The van der Waals surface area contributed by atoms with Gasteiger partial charge in [-0.05, 0) is 30.2 Å². The van der Waals surface area contributed by atoms with Crippen molar-refractivity contribution in [3.05, 3.63) is 57.8 Å². The minimum Gasteiger partial charge on any atom is -0.246 e. The van der Waals surface area contributed by atoms with Crippen molar-refractivity contribution in [2.24, 2.45) is 0 Å². The molecule has 102 valence electrons. The molecule has 2 heterocycles. The number of benzene rings is 1. The first-order valence-corrected chi connectivity index (χ1v) is 6.85. The summed E-state index contributed by atoms with van der Waals surface area (Å²) in [4.78, 5) is 0. The second-order valence-corrected chi connectivity index (χ2v) is 5.41. The van der Waals surface area contributed by atoms with Crippen molar-refractivity contribution in [2.45, 2.75) is 13.6 Å². The van der Waals surface area contributed by atoms with Crippen LogP contribution in [0.25, 0.3) is 16.6 Å². The van der Waals surface area contributed by atoms with Gasteiger partial charge in [-0.25, -0.2) is 8.91 Å². The predicted octanol–water partition coefficient (Wildman–Crippen LogP) is 5.09. The number of hydrogen-bond acceptors (Lipinski definition) is 1. The molecule has 0 aliphatic carbocycles. The van der Waals surface area contributed by atoms with E-state index in [-0.39, 0.29) is 0 Å². The van der Waals surface area contributed by atoms with E-state index >= 15 is 0 Å². The van der Waals surface area contributed by atoms with Crippen molar-refractivity contribution in [1.82, 2.24) is 9.61 Å². The largest absolute Gasteiger partial charge is 0.246 e. The highest BCUT2D eigenvalue weighted by molar-refractivity contribution is 6.34. The summed E-state index contributed by atoms with van der Waals surface area (Å²) in [7, 11) is 0. The Morgan fingerprint density at radius 1 is 1.15 bits per heavy atom. The Morgan fingerprint density at radius 3 is 2.50 bits per heavy atom. The van der Waals surface area contributed by atoms with Crippen LogP contribution in [-0.2, 0) is 6.67 Å². The average Bonchev–Trinajstić information content (AvgIpc) is 2.76. The van der Waals surface area contributed by atoms with E-state index in [1.54, 1.807) is 22.7 Å². The smallest absolute Gasteiger partial charge is 0.132 e. The SMILES string of the molecule is Cc1nn2c(Cl)cc(Cl)cc2c1-c1ccc(CF)cc1. The van der Waals surface area contributed by atoms with Gasteiger partial charge < -0.3 is 0 Å². The lowest BCUT2D eigenvalue weighted by Gasteiger charge is -2.03. The number of nitrogens with zero attached hydrogens (tertiary/aromatic N) is 2. The first-order chi connectivity index (χ1) is 9.60. The lowest BCUT2D eigenvalue weighted by Crippen LogP contribution is -1.88. The van der Waals surface area contributed by atoms with E-state index in [1.165, 1.54) is 0 Å². The Kier molecular flexibility index (Phi) is 3.40. The minimum absolute atomic E-state index is 0.460. The van der Waals surface area contributed by atoms with Gasteiger partial charge in [0.05, 0.1) is 11.2 Å². The van der Waals surface area contributed by atoms with Gasteiger partial charge in [-0.3, -0.25) is 0 Å². The molecule has 0 radical (unpaired) electrons. The third kappa shape index (κ3) is 2.17. The normalized spacial score (nSPS) is 11.2. The van der Waals surface area contributed by atoms with Gasteiger partial charge in [0, 0.05) is 10.6 Å². The number of alkyl halides is 1. The van der Waals surface area contributed by atoms with Crippen LogP contribution in [0, 0.1) is 6.92 Å². The summed E-state index contributed by atoms with van der Waals surface area (Å²) in [5, 5.41) is 5.44. The first kappa shape index (κ1) is 13.4. The van der Waals surface area contributed by atoms with E-state index in [0.717, 1.165) is 22.3 Å². The van der Waals surface area contributed by atoms with Gasteiger partial charge >= 0.3 is 0 Å². The molecule has 0 bridgehead atoms. The van der Waals surface area contributed by atoms with Crippen molar-refractivity contribution < 1.29 is 4.39 Å². The average molecular weight is 309 g/mol. The molecule has 5 heteroatoms. The molecule has 0 fully saturated rings. The molecule has 2 aromatic heterocycles. The topological polar surface area (TPSA) is 17.3 Å². The molecule has 0 aliphatic rings. The Morgan fingerprint density at radius 2 is 1.85 bits per heavy atom. The standard InChI is InChI=1S/C15H11Cl2FN2/c1-9-15(11-4-2-10(8-18)3-5-11)13-6-12(16)7-14(17)20(13)19-9/h2-7H,8H2,1H3. The van der Waals surface area contributed by atoms with Gasteiger partial charge in [-0.2, -0.15) is 5.10 Å². The zero-order valence-electron chi connectivity index (χ0n) is 10.7. The summed E-state index contributed by atoms with van der Waals surface area (Å²) in [6, 6.07) is 10.8. The van der Waals surface area contributed by atoms with Crippen LogP contribution in [-0.4, -0.2) is 9.61 Å². The molecule has 0 aliphatic heterocycles. The predicted molar refractivity (Wildman–Crippen MR) is 80.2 cm³/mol. The van der Waals surface area contributed by atoms with Crippen LogP contribution in [0.5, 0.6) is 0 Å². The molecule has 1 aromatic carbocycles. The number of aromatic nitrogens is 2. The molecule has 3 aromatic rings. The van der Waals surface area contributed by atoms with Gasteiger partial charge in [0.1, 0.15) is 11.8 Å². The van der Waals surface area contributed by atoms with Crippen molar-refractivity contribution in [3.63, 3.8) is 0 Å². The number of halogens is 3. The third-order valence-corrected chi connectivity index (χ3v) is 3.71. The maximum absolute atomic E-state index is 12.6. The Bertz CT molecular complexity index is 779. The maximum atomic E-state index is 12.6. The zero-order chi connectivity index (χ0) is 14.3. The molecule has 0 amide bonds. The lowest BCUT2D eigenvalue weighted by atomic mass is 10.0. The van der Waals surface area contributed by atoms with E-state index < -0.39 is 6.67 Å². The van der Waals surface area contributed by atoms with Crippen LogP contribution in [0.15, 0.2) is 36.4 Å². The highest BCUT2D eigenvalue weighted by Gasteiger charge is 2.14. The molecule has 0 N–H and O–H groups in total. The molecule has 3 rings (SSSR count). The number of pyridine rings is 1. The quantitative estimate of drug-likeness (QED) is 0.603. The molecule has 20 heavy (non-hydrogen) atoms. The lowest BCUT2D eigenvalue weighted by molar-refractivity contribution is 0.485. The number of hydrogen-bond donors (Lipinski definition) is 0. The molecule has 0 unspecified atom stereocenters. The van der Waals surface area contributed by atoms with Crippen LogP contribution in [0.4, 0.5) is 4.39 Å². The van der Waals surface area contributed by atoms with Gasteiger partial charge in [-0.15, -0.1) is 0 Å². The number of aryl methyl sites for hydroxylation is 1. The summed E-state index contributed by atoms with van der Waals surface area (Å²) in [6.45, 7) is 1.45. The van der Waals surface area contributed by atoms with Gasteiger partial charge in [0.2, 0.25) is 0 Å². The maximum Gasteiger partial charge on any atom is 0.132 e. The van der Waals surface area contributed by atoms with Gasteiger partial charge in [0.25, 0.3) is 0 Å². The summed E-state index contributed by atoms with van der Waals surface area (Å²) in [6.07, 6.45) is 0. The fraction of sp³-hybridized carbons (Fsp3) is 0.133.